The molecule has 0 unspecified atom stereocenters. The van der Waals surface area contributed by atoms with Gasteiger partial charge in [-0.25, -0.2) is 0 Å². The molecule has 0 aromatic heterocycles. The lowest BCUT2D eigenvalue weighted by atomic mass is 10.1. The van der Waals surface area contributed by atoms with Crippen LogP contribution in [0.15, 0.2) is 29.3 Å². The monoisotopic (exact) mass is 304 g/mol. The molecule has 0 atom stereocenters. The van der Waals surface area contributed by atoms with Gasteiger partial charge in [-0.2, -0.15) is 0 Å². The van der Waals surface area contributed by atoms with Gasteiger partial charge in [0.05, 0.1) is 13.7 Å². The van der Waals surface area contributed by atoms with E-state index in [9.17, 15) is 9.59 Å². The van der Waals surface area contributed by atoms with E-state index >= 15 is 0 Å². The largest absolute Gasteiger partial charge is 0.497 e. The highest BCUT2D eigenvalue weighted by atomic mass is 16.5. The van der Waals surface area contributed by atoms with E-state index in [1.165, 1.54) is 4.90 Å². The summed E-state index contributed by atoms with van der Waals surface area (Å²) in [4.78, 5) is 28.7. The number of guanidine groups is 1. The van der Waals surface area contributed by atoms with E-state index < -0.39 is 0 Å². The topological polar surface area (TPSA) is 97.0 Å². The molecule has 1 aromatic rings. The van der Waals surface area contributed by atoms with E-state index in [1.54, 1.807) is 13.2 Å². The Morgan fingerprint density at radius 3 is 2.77 bits per heavy atom. The molecule has 1 heterocycles. The van der Waals surface area contributed by atoms with Crippen LogP contribution in [0.1, 0.15) is 19.3 Å². The van der Waals surface area contributed by atoms with Gasteiger partial charge in [0.2, 0.25) is 11.8 Å². The van der Waals surface area contributed by atoms with Crippen LogP contribution in [0, 0.1) is 0 Å². The molecule has 2 rings (SSSR count). The van der Waals surface area contributed by atoms with Crippen LogP contribution in [-0.2, 0) is 9.59 Å². The maximum Gasteiger partial charge on any atom is 0.229 e. The Labute approximate surface area is 129 Å². The molecule has 1 aliphatic rings. The fraction of sp³-hybridized carbons (Fsp3) is 0.400. The van der Waals surface area contributed by atoms with Gasteiger partial charge < -0.3 is 15.8 Å². The molecule has 1 aliphatic heterocycles. The number of hydrogen-bond acceptors (Lipinski definition) is 4. The number of nitrogens with two attached hydrogens (primary N) is 1. The van der Waals surface area contributed by atoms with Crippen molar-refractivity contribution in [2.75, 3.05) is 25.5 Å². The van der Waals surface area contributed by atoms with Gasteiger partial charge in [-0.15, -0.1) is 0 Å². The Morgan fingerprint density at radius 1 is 1.36 bits per heavy atom. The van der Waals surface area contributed by atoms with E-state index in [0.717, 1.165) is 5.69 Å². The lowest BCUT2D eigenvalue weighted by Crippen LogP contribution is -2.41. The Bertz CT molecular complexity index is 570. The van der Waals surface area contributed by atoms with Crippen LogP contribution in [0.5, 0.6) is 5.75 Å². The Kier molecular flexibility index (Phi) is 5.35. The molecule has 1 fully saturated rings. The quantitative estimate of drug-likeness (QED) is 0.480. The number of likely N-dealkylation sites (tertiary alicyclic amines) is 1. The summed E-state index contributed by atoms with van der Waals surface area (Å²) in [6, 6.07) is 7.29. The fourth-order valence-corrected chi connectivity index (χ4v) is 2.21. The number of aliphatic imine (C=N–C) groups is 1. The zero-order valence-electron chi connectivity index (χ0n) is 12.5. The van der Waals surface area contributed by atoms with Crippen LogP contribution < -0.4 is 15.8 Å². The number of piperidine rings is 1. The first-order chi connectivity index (χ1) is 10.6. The number of nitrogens with one attached hydrogen (secondary N) is 1. The van der Waals surface area contributed by atoms with E-state index in [4.69, 9.17) is 10.5 Å². The first-order valence-corrected chi connectivity index (χ1v) is 7.14. The minimum Gasteiger partial charge on any atom is -0.497 e. The molecule has 0 radical (unpaired) electrons. The summed E-state index contributed by atoms with van der Waals surface area (Å²) in [5.74, 6) is 0.670. The molecular weight excluding hydrogens is 284 g/mol. The molecule has 7 heteroatoms. The average molecular weight is 304 g/mol. The summed E-state index contributed by atoms with van der Waals surface area (Å²) in [5, 5.41) is 2.94. The van der Waals surface area contributed by atoms with Crippen molar-refractivity contribution in [2.24, 2.45) is 10.7 Å². The molecule has 2 amide bonds. The van der Waals surface area contributed by atoms with Gasteiger partial charge in [-0.1, -0.05) is 6.07 Å². The zero-order chi connectivity index (χ0) is 15.9. The molecular formula is C15H20N4O3. The van der Waals surface area contributed by atoms with Crippen LogP contribution in [0.3, 0.4) is 0 Å². The minimum atomic E-state index is -0.134. The lowest BCUT2D eigenvalue weighted by molar-refractivity contribution is -0.147. The van der Waals surface area contributed by atoms with Gasteiger partial charge in [-0.3, -0.25) is 19.5 Å². The minimum absolute atomic E-state index is 0.134. The SMILES string of the molecule is COc1cccc(NC(N)=NCCN2C(=O)CCCC2=O)c1. The lowest BCUT2D eigenvalue weighted by Gasteiger charge is -2.23. The van der Waals surface area contributed by atoms with Crippen molar-refractivity contribution in [3.63, 3.8) is 0 Å². The standard InChI is InChI=1S/C15H20N4O3/c1-22-12-5-2-4-11(10-12)18-15(16)17-8-9-19-13(20)6-3-7-14(19)21/h2,4-5,10H,3,6-9H2,1H3,(H3,16,17,18). The van der Waals surface area contributed by atoms with Crippen molar-refractivity contribution in [3.05, 3.63) is 24.3 Å². The predicted octanol–water partition coefficient (Wildman–Crippen LogP) is 0.961. The molecule has 0 saturated carbocycles. The number of ether oxygens (including phenoxy) is 1. The van der Waals surface area contributed by atoms with Gasteiger partial charge in [0.25, 0.3) is 0 Å². The molecule has 7 nitrogen and oxygen atoms in total. The Hall–Kier alpha value is -2.57. The van der Waals surface area contributed by atoms with E-state index in [-0.39, 0.29) is 30.9 Å². The molecule has 1 saturated heterocycles. The number of benzene rings is 1. The number of anilines is 1. The van der Waals surface area contributed by atoms with Crippen molar-refractivity contribution in [3.8, 4) is 5.75 Å². The van der Waals surface area contributed by atoms with Crippen LogP contribution in [0.4, 0.5) is 5.69 Å². The van der Waals surface area contributed by atoms with Crippen molar-refractivity contribution >= 4 is 23.5 Å². The van der Waals surface area contributed by atoms with Crippen LogP contribution in [0.2, 0.25) is 0 Å². The van der Waals surface area contributed by atoms with Gasteiger partial charge in [0.15, 0.2) is 5.96 Å². The summed E-state index contributed by atoms with van der Waals surface area (Å²) < 4.78 is 5.12. The van der Waals surface area contributed by atoms with Crippen molar-refractivity contribution in [2.45, 2.75) is 19.3 Å². The average Bonchev–Trinajstić information content (AvgIpc) is 2.50. The van der Waals surface area contributed by atoms with Gasteiger partial charge >= 0.3 is 0 Å². The van der Waals surface area contributed by atoms with Gasteiger partial charge in [0, 0.05) is 31.1 Å². The number of carbonyl (C=O) groups is 2. The number of hydrogen-bond donors (Lipinski definition) is 2. The van der Waals surface area contributed by atoms with E-state index in [2.05, 4.69) is 10.3 Å². The first-order valence-electron chi connectivity index (χ1n) is 7.14. The number of carbonyl (C=O) groups excluding carboxylic acids is 2. The summed E-state index contributed by atoms with van der Waals surface area (Å²) in [6.45, 7) is 0.540. The highest BCUT2D eigenvalue weighted by molar-refractivity contribution is 5.97. The van der Waals surface area contributed by atoms with Crippen LogP contribution in [-0.4, -0.2) is 42.9 Å². The summed E-state index contributed by atoms with van der Waals surface area (Å²) in [5.41, 5.74) is 6.55. The van der Waals surface area contributed by atoms with Crippen molar-refractivity contribution in [1.82, 2.24) is 4.90 Å². The third kappa shape index (κ3) is 4.21. The number of nitrogens with zero attached hydrogens (tertiary/aromatic N) is 2. The predicted molar refractivity (Wildman–Crippen MR) is 83.7 cm³/mol. The summed E-state index contributed by atoms with van der Waals surface area (Å²) >= 11 is 0. The summed E-state index contributed by atoms with van der Waals surface area (Å²) in [7, 11) is 1.59. The number of imide groups is 1. The molecule has 0 bridgehead atoms. The fourth-order valence-electron chi connectivity index (χ4n) is 2.21. The normalized spacial score (nSPS) is 15.9. The van der Waals surface area contributed by atoms with Gasteiger partial charge in [-0.05, 0) is 18.6 Å². The Morgan fingerprint density at radius 2 is 2.09 bits per heavy atom. The summed E-state index contributed by atoms with van der Waals surface area (Å²) in [6.07, 6.45) is 1.48. The first kappa shape index (κ1) is 15.8. The molecule has 0 spiro atoms. The molecule has 3 N–H and O–H groups in total. The maximum absolute atomic E-state index is 11.6. The number of methoxy groups -OCH3 is 1. The van der Waals surface area contributed by atoms with Crippen molar-refractivity contribution < 1.29 is 14.3 Å². The highest BCUT2D eigenvalue weighted by Crippen LogP contribution is 2.16. The van der Waals surface area contributed by atoms with Gasteiger partial charge in [0.1, 0.15) is 5.75 Å². The Balaban J connectivity index is 1.87. The second-order valence-corrected chi connectivity index (χ2v) is 4.92. The molecule has 1 aromatic carbocycles. The smallest absolute Gasteiger partial charge is 0.229 e. The molecule has 22 heavy (non-hydrogen) atoms. The van der Waals surface area contributed by atoms with Crippen LogP contribution in [0.25, 0.3) is 0 Å². The number of rotatable bonds is 5. The highest BCUT2D eigenvalue weighted by Gasteiger charge is 2.24. The molecule has 118 valence electrons. The van der Waals surface area contributed by atoms with E-state index in [1.807, 2.05) is 18.2 Å². The molecule has 0 aliphatic carbocycles. The second kappa shape index (κ2) is 7.44. The third-order valence-corrected chi connectivity index (χ3v) is 3.33. The third-order valence-electron chi connectivity index (χ3n) is 3.33. The maximum atomic E-state index is 11.6. The van der Waals surface area contributed by atoms with Crippen molar-refractivity contribution in [1.29, 1.82) is 0 Å². The van der Waals surface area contributed by atoms with Crippen LogP contribution >= 0.6 is 0 Å². The zero-order valence-corrected chi connectivity index (χ0v) is 12.5. The van der Waals surface area contributed by atoms with E-state index in [0.29, 0.717) is 25.0 Å². The second-order valence-electron chi connectivity index (χ2n) is 4.92. The number of amides is 2.